The van der Waals surface area contributed by atoms with E-state index in [9.17, 15) is 4.79 Å². The third kappa shape index (κ3) is 4.01. The van der Waals surface area contributed by atoms with E-state index in [4.69, 9.17) is 4.74 Å². The first-order chi connectivity index (χ1) is 9.60. The number of ether oxygens (including phenoxy) is 1. The fourth-order valence-electron chi connectivity index (χ4n) is 2.34. The van der Waals surface area contributed by atoms with Gasteiger partial charge in [0.1, 0.15) is 11.1 Å². The maximum atomic E-state index is 12.2. The summed E-state index contributed by atoms with van der Waals surface area (Å²) in [6.45, 7) is 9.18. The van der Waals surface area contributed by atoms with Gasteiger partial charge in [-0.25, -0.2) is 4.98 Å². The van der Waals surface area contributed by atoms with Crippen molar-refractivity contribution in [1.82, 2.24) is 15.2 Å². The fraction of sp³-hybridized carbons (Fsp3) is 0.714. The maximum Gasteiger partial charge on any atom is 0.228 e. The highest BCUT2D eigenvalue weighted by Crippen LogP contribution is 2.21. The lowest BCUT2D eigenvalue weighted by atomic mass is 10.2. The van der Waals surface area contributed by atoms with Crippen LogP contribution < -0.4 is 5.32 Å². The van der Waals surface area contributed by atoms with E-state index in [1.54, 1.807) is 11.3 Å². The lowest BCUT2D eigenvalue weighted by Crippen LogP contribution is -2.51. The molecule has 1 N–H and O–H groups in total. The fourth-order valence-corrected chi connectivity index (χ4v) is 3.16. The van der Waals surface area contributed by atoms with Crippen LogP contribution in [0.15, 0.2) is 5.38 Å². The number of carbonyl (C=O) groups excluding carboxylic acids is 1. The molecule has 6 heteroatoms. The molecular formula is C14H23N3O2S. The zero-order valence-corrected chi connectivity index (χ0v) is 13.2. The molecule has 1 amide bonds. The highest BCUT2D eigenvalue weighted by molar-refractivity contribution is 7.09. The van der Waals surface area contributed by atoms with E-state index in [2.05, 4.69) is 17.2 Å². The van der Waals surface area contributed by atoms with Crippen LogP contribution in [0.2, 0.25) is 0 Å². The minimum atomic E-state index is 0.00746. The van der Waals surface area contributed by atoms with Gasteiger partial charge in [0.15, 0.2) is 0 Å². The summed E-state index contributed by atoms with van der Waals surface area (Å²) in [6.07, 6.45) is 0.398. The van der Waals surface area contributed by atoms with E-state index in [1.807, 2.05) is 24.1 Å². The largest absolute Gasteiger partial charge is 0.372 e. The third-order valence-electron chi connectivity index (χ3n) is 3.39. The third-order valence-corrected chi connectivity index (χ3v) is 4.44. The maximum absolute atomic E-state index is 12.2. The summed E-state index contributed by atoms with van der Waals surface area (Å²) in [5.41, 5.74) is 0.854. The summed E-state index contributed by atoms with van der Waals surface area (Å²) < 4.78 is 5.52. The van der Waals surface area contributed by atoms with E-state index in [0.717, 1.165) is 30.3 Å². The second-order valence-corrected chi connectivity index (χ2v) is 6.04. The average molecular weight is 297 g/mol. The lowest BCUT2D eigenvalue weighted by Gasteiger charge is -2.31. The Bertz CT molecular complexity index is 449. The monoisotopic (exact) mass is 297 g/mol. The quantitative estimate of drug-likeness (QED) is 0.897. The average Bonchev–Trinajstić information content (AvgIpc) is 2.87. The standard InChI is InChI=1S/C14H23N3O2S/c1-4-19-11(3)14-16-12(9-20-14)7-13(18)17-6-5-15-10(2)8-17/h9-11,15H,4-8H2,1-3H3. The van der Waals surface area contributed by atoms with Crippen LogP contribution in [-0.4, -0.2) is 48.1 Å². The number of hydrogen-bond donors (Lipinski definition) is 1. The summed E-state index contributed by atoms with van der Waals surface area (Å²) in [5, 5.41) is 6.25. The Morgan fingerprint density at radius 1 is 1.70 bits per heavy atom. The molecule has 0 bridgehead atoms. The Hall–Kier alpha value is -0.980. The molecule has 1 aromatic rings. The van der Waals surface area contributed by atoms with Crippen LogP contribution in [-0.2, 0) is 16.0 Å². The molecule has 1 fully saturated rings. The van der Waals surface area contributed by atoms with Crippen LogP contribution in [0.1, 0.15) is 37.6 Å². The molecule has 0 radical (unpaired) electrons. The second-order valence-electron chi connectivity index (χ2n) is 5.15. The first-order valence-electron chi connectivity index (χ1n) is 7.17. The molecular weight excluding hydrogens is 274 g/mol. The second kappa shape index (κ2) is 7.15. The molecule has 2 heterocycles. The Balaban J connectivity index is 1.91. The molecule has 2 rings (SSSR count). The number of nitrogens with one attached hydrogen (secondary N) is 1. The van der Waals surface area contributed by atoms with Crippen molar-refractivity contribution in [2.45, 2.75) is 39.3 Å². The van der Waals surface area contributed by atoms with Crippen LogP contribution in [0.3, 0.4) is 0 Å². The van der Waals surface area contributed by atoms with Crippen LogP contribution in [0.4, 0.5) is 0 Å². The number of carbonyl (C=O) groups is 1. The van der Waals surface area contributed by atoms with Crippen molar-refractivity contribution >= 4 is 17.2 Å². The van der Waals surface area contributed by atoms with E-state index in [-0.39, 0.29) is 12.0 Å². The van der Waals surface area contributed by atoms with E-state index in [1.165, 1.54) is 0 Å². The molecule has 1 aromatic heterocycles. The summed E-state index contributed by atoms with van der Waals surface area (Å²) in [7, 11) is 0. The number of rotatable bonds is 5. The minimum Gasteiger partial charge on any atom is -0.372 e. The first kappa shape index (κ1) is 15.4. The minimum absolute atomic E-state index is 0.00746. The van der Waals surface area contributed by atoms with Crippen molar-refractivity contribution in [3.63, 3.8) is 0 Å². The van der Waals surface area contributed by atoms with Gasteiger partial charge in [0.25, 0.3) is 0 Å². The van der Waals surface area contributed by atoms with Gasteiger partial charge in [-0.3, -0.25) is 4.79 Å². The van der Waals surface area contributed by atoms with Crippen LogP contribution in [0, 0.1) is 0 Å². The van der Waals surface area contributed by atoms with E-state index < -0.39 is 0 Å². The zero-order chi connectivity index (χ0) is 14.5. The molecule has 1 aliphatic rings. The number of nitrogens with zero attached hydrogens (tertiary/aromatic N) is 2. The van der Waals surface area contributed by atoms with Crippen LogP contribution in [0.25, 0.3) is 0 Å². The highest BCUT2D eigenvalue weighted by Gasteiger charge is 2.21. The summed E-state index contributed by atoms with van der Waals surface area (Å²) in [4.78, 5) is 18.7. The molecule has 2 unspecified atom stereocenters. The van der Waals surface area contributed by atoms with E-state index >= 15 is 0 Å². The molecule has 0 aliphatic carbocycles. The number of thiazole rings is 1. The molecule has 0 saturated carbocycles. The number of amides is 1. The van der Waals surface area contributed by atoms with Gasteiger partial charge in [-0.2, -0.15) is 0 Å². The Morgan fingerprint density at radius 3 is 3.20 bits per heavy atom. The lowest BCUT2D eigenvalue weighted by molar-refractivity contribution is -0.131. The Labute approximate surface area is 124 Å². The van der Waals surface area contributed by atoms with Gasteiger partial charge in [-0.1, -0.05) is 0 Å². The summed E-state index contributed by atoms with van der Waals surface area (Å²) >= 11 is 1.57. The Kier molecular flexibility index (Phi) is 5.51. The van der Waals surface area contributed by atoms with Crippen LogP contribution in [0.5, 0.6) is 0 Å². The Morgan fingerprint density at radius 2 is 2.50 bits per heavy atom. The van der Waals surface area contributed by atoms with Crippen molar-refractivity contribution < 1.29 is 9.53 Å². The normalized spacial score (nSPS) is 20.9. The van der Waals surface area contributed by atoms with Gasteiger partial charge in [-0.15, -0.1) is 11.3 Å². The molecule has 1 saturated heterocycles. The molecule has 20 heavy (non-hydrogen) atoms. The van der Waals surface area contributed by atoms with Gasteiger partial charge in [0.2, 0.25) is 5.91 Å². The smallest absolute Gasteiger partial charge is 0.228 e. The molecule has 0 spiro atoms. The van der Waals surface area contributed by atoms with Crippen molar-refractivity contribution in [2.75, 3.05) is 26.2 Å². The topological polar surface area (TPSA) is 54.5 Å². The van der Waals surface area contributed by atoms with Crippen molar-refractivity contribution in [3.8, 4) is 0 Å². The molecule has 1 aliphatic heterocycles. The van der Waals surface area contributed by atoms with Gasteiger partial charge >= 0.3 is 0 Å². The van der Waals surface area contributed by atoms with Gasteiger partial charge in [0, 0.05) is 37.7 Å². The SMILES string of the molecule is CCOC(C)c1nc(CC(=O)N2CCNC(C)C2)cs1. The highest BCUT2D eigenvalue weighted by atomic mass is 32.1. The van der Waals surface area contributed by atoms with Crippen molar-refractivity contribution in [3.05, 3.63) is 16.1 Å². The number of hydrogen-bond acceptors (Lipinski definition) is 5. The van der Waals surface area contributed by atoms with Crippen LogP contribution >= 0.6 is 11.3 Å². The predicted molar refractivity (Wildman–Crippen MR) is 79.9 cm³/mol. The number of piperazine rings is 1. The molecule has 2 atom stereocenters. The molecule has 0 aromatic carbocycles. The van der Waals surface area contributed by atoms with Crippen molar-refractivity contribution in [2.24, 2.45) is 0 Å². The predicted octanol–water partition coefficient (Wildman–Crippen LogP) is 1.60. The summed E-state index contributed by atoms with van der Waals surface area (Å²) in [5.74, 6) is 0.166. The first-order valence-corrected chi connectivity index (χ1v) is 8.05. The molecule has 5 nitrogen and oxygen atoms in total. The van der Waals surface area contributed by atoms with Crippen molar-refractivity contribution in [1.29, 1.82) is 0 Å². The van der Waals surface area contributed by atoms with Gasteiger partial charge in [0.05, 0.1) is 12.1 Å². The van der Waals surface area contributed by atoms with Gasteiger partial charge < -0.3 is 15.0 Å². The van der Waals surface area contributed by atoms with E-state index in [0.29, 0.717) is 19.1 Å². The molecule has 112 valence electrons. The zero-order valence-electron chi connectivity index (χ0n) is 12.4. The summed E-state index contributed by atoms with van der Waals surface area (Å²) in [6, 6.07) is 0.372. The van der Waals surface area contributed by atoms with Gasteiger partial charge in [-0.05, 0) is 20.8 Å². The number of aromatic nitrogens is 1.